The third-order valence-electron chi connectivity index (χ3n) is 4.46. The van der Waals surface area contributed by atoms with E-state index in [1.807, 2.05) is 36.4 Å². The van der Waals surface area contributed by atoms with Crippen LogP contribution in [-0.2, 0) is 4.79 Å². The van der Waals surface area contributed by atoms with E-state index in [-0.39, 0.29) is 11.6 Å². The molecule has 3 heterocycles. The van der Waals surface area contributed by atoms with Gasteiger partial charge in [-0.15, -0.1) is 5.10 Å². The smallest absolute Gasteiger partial charge is 0.273 e. The zero-order chi connectivity index (χ0) is 20.7. The lowest BCUT2D eigenvalue weighted by Crippen LogP contribution is -2.24. The summed E-state index contributed by atoms with van der Waals surface area (Å²) in [5.41, 5.74) is 2.28. The summed E-state index contributed by atoms with van der Waals surface area (Å²) in [6.07, 6.45) is 4.67. The van der Waals surface area contributed by atoms with Crippen molar-refractivity contribution < 1.29 is 4.79 Å². The second-order valence-corrected chi connectivity index (χ2v) is 7.73. The number of hydrogen-bond acceptors (Lipinski definition) is 6. The minimum absolute atomic E-state index is 0.280. The van der Waals surface area contributed by atoms with Gasteiger partial charge in [-0.2, -0.15) is 4.52 Å². The third kappa shape index (κ3) is 3.27. The third-order valence-corrected chi connectivity index (χ3v) is 5.27. The summed E-state index contributed by atoms with van der Waals surface area (Å²) in [6.45, 7) is 0. The van der Waals surface area contributed by atoms with Gasteiger partial charge in [0, 0.05) is 34.0 Å². The van der Waals surface area contributed by atoms with Gasteiger partial charge in [0.2, 0.25) is 5.95 Å². The van der Waals surface area contributed by atoms with Crippen LogP contribution in [0.1, 0.15) is 0 Å². The van der Waals surface area contributed by atoms with E-state index in [9.17, 15) is 4.79 Å². The van der Waals surface area contributed by atoms with E-state index < -0.39 is 0 Å². The van der Waals surface area contributed by atoms with Crippen LogP contribution in [0.5, 0.6) is 0 Å². The highest BCUT2D eigenvalue weighted by atomic mass is 79.9. The van der Waals surface area contributed by atoms with E-state index in [0.29, 0.717) is 33.5 Å². The Bertz CT molecular complexity index is 1380. The summed E-state index contributed by atoms with van der Waals surface area (Å²) >= 11 is 9.82. The number of benzene rings is 2. The fourth-order valence-corrected chi connectivity index (χ4v) is 3.83. The SMILES string of the molecule is O=C1NC=CNC=C1Nc1nc2ccccc2c2nc(-c3ccc(Br)cc3Cl)nn12. The molecule has 148 valence electrons. The molecule has 10 heteroatoms. The van der Waals surface area contributed by atoms with Gasteiger partial charge in [0.25, 0.3) is 5.91 Å². The van der Waals surface area contributed by atoms with Crippen molar-refractivity contribution >= 4 is 55.9 Å². The van der Waals surface area contributed by atoms with Gasteiger partial charge in [-0.05, 0) is 30.3 Å². The highest BCUT2D eigenvalue weighted by Crippen LogP contribution is 2.30. The van der Waals surface area contributed by atoms with Gasteiger partial charge >= 0.3 is 0 Å². The molecule has 0 unspecified atom stereocenters. The topological polar surface area (TPSA) is 96.2 Å². The van der Waals surface area contributed by atoms with E-state index in [2.05, 4.69) is 42.0 Å². The second kappa shape index (κ2) is 7.43. The Morgan fingerprint density at radius 3 is 2.83 bits per heavy atom. The minimum Gasteiger partial charge on any atom is -0.364 e. The maximum absolute atomic E-state index is 12.3. The van der Waals surface area contributed by atoms with Crippen molar-refractivity contribution in [3.63, 3.8) is 0 Å². The number of fused-ring (bicyclic) bond motifs is 3. The largest absolute Gasteiger partial charge is 0.364 e. The number of carbonyl (C=O) groups excluding carboxylic acids is 1. The van der Waals surface area contributed by atoms with Crippen molar-refractivity contribution in [1.82, 2.24) is 30.2 Å². The summed E-state index contributed by atoms with van der Waals surface area (Å²) in [7, 11) is 0. The number of hydrogen-bond donors (Lipinski definition) is 3. The first-order valence-corrected chi connectivity index (χ1v) is 10.1. The van der Waals surface area contributed by atoms with E-state index in [1.54, 1.807) is 23.0 Å². The molecule has 1 amide bonds. The van der Waals surface area contributed by atoms with Crippen LogP contribution >= 0.6 is 27.5 Å². The average Bonchev–Trinajstić information content (AvgIpc) is 3.08. The van der Waals surface area contributed by atoms with Crippen LogP contribution in [0.25, 0.3) is 27.9 Å². The Hall–Kier alpha value is -3.43. The first-order chi connectivity index (χ1) is 14.6. The quantitative estimate of drug-likeness (QED) is 0.411. The zero-order valence-corrected chi connectivity index (χ0v) is 17.6. The van der Waals surface area contributed by atoms with Gasteiger partial charge < -0.3 is 16.0 Å². The average molecular weight is 483 g/mol. The first kappa shape index (κ1) is 18.6. The standard InChI is InChI=1S/C20H13BrClN7O/c21-11-5-6-12(14(22)9-11)17-27-18-13-3-1-2-4-15(13)25-20(29(18)28-17)26-16-10-23-7-8-24-19(16)30/h1-10,23H,(H,24,30)(H,25,26). The van der Waals surface area contributed by atoms with E-state index >= 15 is 0 Å². The Labute approximate surface area is 183 Å². The van der Waals surface area contributed by atoms with Crippen molar-refractivity contribution in [3.8, 4) is 11.4 Å². The number of anilines is 1. The number of para-hydroxylation sites is 1. The summed E-state index contributed by atoms with van der Waals surface area (Å²) < 4.78 is 2.43. The van der Waals surface area contributed by atoms with E-state index in [0.717, 1.165) is 9.86 Å². The Morgan fingerprint density at radius 2 is 1.97 bits per heavy atom. The van der Waals surface area contributed by atoms with Crippen LogP contribution in [0.4, 0.5) is 5.95 Å². The van der Waals surface area contributed by atoms with Crippen molar-refractivity contribution in [1.29, 1.82) is 0 Å². The normalized spacial score (nSPS) is 13.7. The molecule has 0 atom stereocenters. The molecule has 0 spiro atoms. The molecule has 0 bridgehead atoms. The predicted octanol–water partition coefficient (Wildman–Crippen LogP) is 3.80. The molecular weight excluding hydrogens is 470 g/mol. The van der Waals surface area contributed by atoms with E-state index in [4.69, 9.17) is 16.6 Å². The number of halogens is 2. The lowest BCUT2D eigenvalue weighted by atomic mass is 10.2. The molecule has 0 saturated heterocycles. The van der Waals surface area contributed by atoms with Gasteiger partial charge in [-0.3, -0.25) is 4.79 Å². The van der Waals surface area contributed by atoms with Crippen molar-refractivity contribution in [3.05, 3.63) is 76.3 Å². The summed E-state index contributed by atoms with van der Waals surface area (Å²) in [5, 5.41) is 14.6. The zero-order valence-electron chi connectivity index (χ0n) is 15.2. The number of amides is 1. The Balaban J connectivity index is 1.70. The molecule has 4 aromatic rings. The monoisotopic (exact) mass is 481 g/mol. The van der Waals surface area contributed by atoms with Gasteiger partial charge in [0.15, 0.2) is 11.5 Å². The summed E-state index contributed by atoms with van der Waals surface area (Å²) in [4.78, 5) is 21.7. The van der Waals surface area contributed by atoms with Crippen LogP contribution in [0.15, 0.2) is 71.2 Å². The molecule has 30 heavy (non-hydrogen) atoms. The predicted molar refractivity (Wildman–Crippen MR) is 119 cm³/mol. The highest BCUT2D eigenvalue weighted by Gasteiger charge is 2.18. The van der Waals surface area contributed by atoms with E-state index in [1.165, 1.54) is 6.20 Å². The molecule has 0 fully saturated rings. The number of aromatic nitrogens is 4. The van der Waals surface area contributed by atoms with Gasteiger partial charge in [0.1, 0.15) is 5.70 Å². The second-order valence-electron chi connectivity index (χ2n) is 6.40. The number of rotatable bonds is 3. The van der Waals surface area contributed by atoms with Crippen molar-refractivity contribution in [2.75, 3.05) is 5.32 Å². The Kier molecular flexibility index (Phi) is 4.61. The molecular formula is C20H13BrClN7O. The minimum atomic E-state index is -0.310. The van der Waals surface area contributed by atoms with Crippen LogP contribution in [0.2, 0.25) is 5.02 Å². The molecule has 8 nitrogen and oxygen atoms in total. The lowest BCUT2D eigenvalue weighted by Gasteiger charge is -2.10. The first-order valence-electron chi connectivity index (χ1n) is 8.90. The summed E-state index contributed by atoms with van der Waals surface area (Å²) in [5.74, 6) is 0.490. The molecule has 5 rings (SSSR count). The fourth-order valence-electron chi connectivity index (χ4n) is 3.08. The molecule has 1 aliphatic heterocycles. The maximum Gasteiger partial charge on any atom is 0.273 e. The molecule has 2 aromatic carbocycles. The van der Waals surface area contributed by atoms with Crippen molar-refractivity contribution in [2.24, 2.45) is 0 Å². The van der Waals surface area contributed by atoms with Crippen LogP contribution in [0.3, 0.4) is 0 Å². The summed E-state index contributed by atoms with van der Waals surface area (Å²) in [6, 6.07) is 13.1. The van der Waals surface area contributed by atoms with Gasteiger partial charge in [-0.1, -0.05) is 39.7 Å². The van der Waals surface area contributed by atoms with Crippen LogP contribution < -0.4 is 16.0 Å². The van der Waals surface area contributed by atoms with Gasteiger partial charge in [-0.25, -0.2) is 9.97 Å². The molecule has 2 aromatic heterocycles. The molecule has 0 radical (unpaired) electrons. The maximum atomic E-state index is 12.3. The molecule has 0 aliphatic carbocycles. The van der Waals surface area contributed by atoms with Gasteiger partial charge in [0.05, 0.1) is 10.5 Å². The number of carbonyl (C=O) groups is 1. The number of nitrogens with one attached hydrogen (secondary N) is 3. The number of nitrogens with zero attached hydrogens (tertiary/aromatic N) is 4. The molecule has 3 N–H and O–H groups in total. The van der Waals surface area contributed by atoms with Crippen molar-refractivity contribution in [2.45, 2.75) is 0 Å². The lowest BCUT2D eigenvalue weighted by molar-refractivity contribution is -0.116. The fraction of sp³-hybridized carbons (Fsp3) is 0. The van der Waals surface area contributed by atoms with Crippen LogP contribution in [-0.4, -0.2) is 25.5 Å². The Morgan fingerprint density at radius 1 is 1.10 bits per heavy atom. The van der Waals surface area contributed by atoms with Crippen LogP contribution in [0, 0.1) is 0 Å². The molecule has 0 saturated carbocycles. The molecule has 1 aliphatic rings. The highest BCUT2D eigenvalue weighted by molar-refractivity contribution is 9.10.